The van der Waals surface area contributed by atoms with Gasteiger partial charge in [-0.25, -0.2) is 9.97 Å². The molecule has 0 saturated carbocycles. The monoisotopic (exact) mass is 243 g/mol. The van der Waals surface area contributed by atoms with E-state index >= 15 is 0 Å². The fourth-order valence-corrected chi connectivity index (χ4v) is 1.63. The maximum absolute atomic E-state index is 8.97. The van der Waals surface area contributed by atoms with Crippen LogP contribution in [-0.2, 0) is 0 Å². The van der Waals surface area contributed by atoms with Gasteiger partial charge in [0.05, 0.1) is 5.57 Å². The molecular formula is C13H17N5. The summed E-state index contributed by atoms with van der Waals surface area (Å²) in [5.41, 5.74) is 6.88. The van der Waals surface area contributed by atoms with Crippen molar-refractivity contribution in [2.75, 3.05) is 7.05 Å². The Morgan fingerprint density at radius 1 is 1.56 bits per heavy atom. The predicted octanol–water partition coefficient (Wildman–Crippen LogP) is 1.80. The number of allylic oxidation sites excluding steroid dienone is 2. The van der Waals surface area contributed by atoms with E-state index in [9.17, 15) is 0 Å². The molecule has 1 aromatic rings. The summed E-state index contributed by atoms with van der Waals surface area (Å²) in [5, 5.41) is 8.97. The zero-order valence-corrected chi connectivity index (χ0v) is 10.7. The van der Waals surface area contributed by atoms with Gasteiger partial charge in [0.25, 0.3) is 0 Å². The maximum Gasteiger partial charge on any atom is 0.131 e. The molecule has 94 valence electrons. The number of nitrogens with two attached hydrogens (primary N) is 1. The van der Waals surface area contributed by atoms with Crippen LogP contribution < -0.4 is 5.73 Å². The third-order valence-corrected chi connectivity index (χ3v) is 2.63. The lowest BCUT2D eigenvalue weighted by atomic mass is 9.97. The lowest BCUT2D eigenvalue weighted by Crippen LogP contribution is -2.11. The van der Waals surface area contributed by atoms with Gasteiger partial charge in [-0.15, -0.1) is 0 Å². The van der Waals surface area contributed by atoms with Gasteiger partial charge < -0.3 is 5.73 Å². The van der Waals surface area contributed by atoms with Gasteiger partial charge in [-0.05, 0) is 18.9 Å². The molecule has 1 heterocycles. The van der Waals surface area contributed by atoms with Crippen molar-refractivity contribution >= 4 is 6.21 Å². The fourth-order valence-electron chi connectivity index (χ4n) is 1.63. The molecule has 0 amide bonds. The second-order valence-corrected chi connectivity index (χ2v) is 3.85. The van der Waals surface area contributed by atoms with Gasteiger partial charge in [0.2, 0.25) is 0 Å². The highest BCUT2D eigenvalue weighted by Gasteiger charge is 2.14. The van der Waals surface area contributed by atoms with Gasteiger partial charge >= 0.3 is 0 Å². The highest BCUT2D eigenvalue weighted by Crippen LogP contribution is 2.22. The molecule has 0 aliphatic carbocycles. The molecule has 1 atom stereocenters. The van der Waals surface area contributed by atoms with Crippen LogP contribution in [0.3, 0.4) is 0 Å². The number of aromatic nitrogens is 2. The minimum atomic E-state index is 0.125. The Bertz CT molecular complexity index is 470. The van der Waals surface area contributed by atoms with Crippen LogP contribution in [0.4, 0.5) is 0 Å². The maximum atomic E-state index is 8.97. The van der Waals surface area contributed by atoms with Gasteiger partial charge in [0.15, 0.2) is 0 Å². The molecule has 1 aromatic heterocycles. The molecule has 0 fully saturated rings. The van der Waals surface area contributed by atoms with Gasteiger partial charge in [0, 0.05) is 37.3 Å². The van der Waals surface area contributed by atoms with E-state index in [1.165, 1.54) is 6.21 Å². The normalized spacial score (nSPS) is 14.1. The molecule has 0 saturated heterocycles. The van der Waals surface area contributed by atoms with E-state index in [0.717, 1.165) is 12.2 Å². The predicted molar refractivity (Wildman–Crippen MR) is 70.9 cm³/mol. The average Bonchev–Trinajstić information content (AvgIpc) is 2.42. The Morgan fingerprint density at radius 3 is 2.72 bits per heavy atom. The van der Waals surface area contributed by atoms with Crippen molar-refractivity contribution in [2.45, 2.75) is 25.7 Å². The standard InChI is InChI=1S/C13H17N5/c1-3-10(13-17-5-4-6-18-13)7-12(15)11(8-14)9-16-2/h4-6,9-10H,3,7,15H2,1-2H3/b12-11+,16-9?. The topological polar surface area (TPSA) is 88.0 Å². The van der Waals surface area contributed by atoms with E-state index in [1.807, 2.05) is 13.0 Å². The van der Waals surface area contributed by atoms with Crippen molar-refractivity contribution in [3.05, 3.63) is 35.6 Å². The third-order valence-electron chi connectivity index (χ3n) is 2.63. The van der Waals surface area contributed by atoms with E-state index in [2.05, 4.69) is 15.0 Å². The summed E-state index contributed by atoms with van der Waals surface area (Å²) in [6.07, 6.45) is 6.34. The molecule has 5 nitrogen and oxygen atoms in total. The molecule has 1 rings (SSSR count). The first kappa shape index (κ1) is 13.8. The molecule has 0 aromatic carbocycles. The molecule has 1 unspecified atom stereocenters. The first-order valence-electron chi connectivity index (χ1n) is 5.80. The molecular weight excluding hydrogens is 226 g/mol. The second-order valence-electron chi connectivity index (χ2n) is 3.85. The molecule has 5 heteroatoms. The zero-order chi connectivity index (χ0) is 13.4. The smallest absolute Gasteiger partial charge is 0.131 e. The molecule has 0 aliphatic rings. The summed E-state index contributed by atoms with van der Waals surface area (Å²) in [7, 11) is 1.61. The molecule has 0 spiro atoms. The second kappa shape index (κ2) is 7.17. The zero-order valence-electron chi connectivity index (χ0n) is 10.7. The summed E-state index contributed by atoms with van der Waals surface area (Å²) >= 11 is 0. The average molecular weight is 243 g/mol. The number of hydrogen-bond donors (Lipinski definition) is 1. The van der Waals surface area contributed by atoms with E-state index in [-0.39, 0.29) is 5.92 Å². The van der Waals surface area contributed by atoms with E-state index in [0.29, 0.717) is 17.7 Å². The molecule has 0 radical (unpaired) electrons. The SMILES string of the molecule is CCC(C/C(N)=C(/C#N)C=NC)c1ncccn1. The van der Waals surface area contributed by atoms with E-state index < -0.39 is 0 Å². The van der Waals surface area contributed by atoms with Crippen molar-refractivity contribution in [1.82, 2.24) is 9.97 Å². The Kier molecular flexibility index (Phi) is 5.52. The Labute approximate surface area is 107 Å². The lowest BCUT2D eigenvalue weighted by molar-refractivity contribution is 0.610. The number of hydrogen-bond acceptors (Lipinski definition) is 5. The van der Waals surface area contributed by atoms with Crippen LogP contribution >= 0.6 is 0 Å². The highest BCUT2D eigenvalue weighted by atomic mass is 14.9. The number of nitriles is 1. The number of rotatable bonds is 5. The third kappa shape index (κ3) is 3.67. The molecule has 0 aliphatic heterocycles. The first-order valence-corrected chi connectivity index (χ1v) is 5.80. The quantitative estimate of drug-likeness (QED) is 0.631. The van der Waals surface area contributed by atoms with E-state index in [1.54, 1.807) is 25.5 Å². The Balaban J connectivity index is 2.91. The van der Waals surface area contributed by atoms with Crippen molar-refractivity contribution in [3.63, 3.8) is 0 Å². The van der Waals surface area contributed by atoms with Crippen LogP contribution in [0.2, 0.25) is 0 Å². The summed E-state index contributed by atoms with van der Waals surface area (Å²) in [6, 6.07) is 3.83. The highest BCUT2D eigenvalue weighted by molar-refractivity contribution is 5.84. The largest absolute Gasteiger partial charge is 0.401 e. The Morgan fingerprint density at radius 2 is 2.22 bits per heavy atom. The number of aliphatic imine (C=N–C) groups is 1. The van der Waals surface area contributed by atoms with Gasteiger partial charge in [-0.1, -0.05) is 6.92 Å². The minimum Gasteiger partial charge on any atom is -0.401 e. The van der Waals surface area contributed by atoms with Gasteiger partial charge in [-0.2, -0.15) is 5.26 Å². The van der Waals surface area contributed by atoms with Crippen LogP contribution in [0.5, 0.6) is 0 Å². The molecule has 0 bridgehead atoms. The van der Waals surface area contributed by atoms with Crippen LogP contribution in [0, 0.1) is 11.3 Å². The number of nitrogens with zero attached hydrogens (tertiary/aromatic N) is 4. The van der Waals surface area contributed by atoms with Crippen LogP contribution in [-0.4, -0.2) is 23.2 Å². The fraction of sp³-hybridized carbons (Fsp3) is 0.385. The summed E-state index contributed by atoms with van der Waals surface area (Å²) in [5.74, 6) is 0.883. The van der Waals surface area contributed by atoms with Crippen molar-refractivity contribution in [1.29, 1.82) is 5.26 Å². The Hall–Kier alpha value is -2.22. The summed E-state index contributed by atoms with van der Waals surface area (Å²) in [4.78, 5) is 12.3. The first-order chi connectivity index (χ1) is 8.72. The van der Waals surface area contributed by atoms with Crippen LogP contribution in [0.1, 0.15) is 31.5 Å². The summed E-state index contributed by atoms with van der Waals surface area (Å²) in [6.45, 7) is 2.05. The van der Waals surface area contributed by atoms with Crippen LogP contribution in [0.15, 0.2) is 34.7 Å². The lowest BCUT2D eigenvalue weighted by Gasteiger charge is -2.13. The summed E-state index contributed by atoms with van der Waals surface area (Å²) < 4.78 is 0. The van der Waals surface area contributed by atoms with Crippen LogP contribution in [0.25, 0.3) is 0 Å². The molecule has 2 N–H and O–H groups in total. The minimum absolute atomic E-state index is 0.125. The van der Waals surface area contributed by atoms with Gasteiger partial charge in [0.1, 0.15) is 11.9 Å². The van der Waals surface area contributed by atoms with Crippen molar-refractivity contribution < 1.29 is 0 Å². The van der Waals surface area contributed by atoms with E-state index in [4.69, 9.17) is 11.0 Å². The van der Waals surface area contributed by atoms with Crippen molar-refractivity contribution in [3.8, 4) is 6.07 Å². The van der Waals surface area contributed by atoms with Crippen molar-refractivity contribution in [2.24, 2.45) is 10.7 Å². The van der Waals surface area contributed by atoms with Gasteiger partial charge in [-0.3, -0.25) is 4.99 Å². The molecule has 18 heavy (non-hydrogen) atoms.